The van der Waals surface area contributed by atoms with Crippen molar-refractivity contribution in [2.75, 3.05) is 26.7 Å². The highest BCUT2D eigenvalue weighted by atomic mass is 16.2. The lowest BCUT2D eigenvalue weighted by Crippen LogP contribution is -2.32. The van der Waals surface area contributed by atoms with E-state index in [0.717, 1.165) is 32.5 Å². The van der Waals surface area contributed by atoms with E-state index in [-0.39, 0.29) is 0 Å². The lowest BCUT2D eigenvalue weighted by Gasteiger charge is -2.24. The molecule has 0 N–H and O–H groups in total. The molecule has 3 heteroatoms. The zero-order valence-corrected chi connectivity index (χ0v) is 11.6. The van der Waals surface area contributed by atoms with Crippen LogP contribution in [0.3, 0.4) is 0 Å². The van der Waals surface area contributed by atoms with Crippen molar-refractivity contribution in [1.82, 2.24) is 10.2 Å². The van der Waals surface area contributed by atoms with Crippen molar-refractivity contribution in [2.45, 2.75) is 46.0 Å². The monoisotopic (exact) mass is 239 g/mol. The van der Waals surface area contributed by atoms with E-state index in [1.54, 1.807) is 0 Å². The van der Waals surface area contributed by atoms with Crippen molar-refractivity contribution in [3.05, 3.63) is 0 Å². The van der Waals surface area contributed by atoms with Gasteiger partial charge >= 0.3 is 0 Å². The molecule has 17 heavy (non-hydrogen) atoms. The molecular formula is C14H27N2O. The Morgan fingerprint density at radius 2 is 2.29 bits per heavy atom. The molecule has 0 aromatic heterocycles. The molecule has 3 nitrogen and oxygen atoms in total. The first-order chi connectivity index (χ1) is 8.13. The fraction of sp³-hybridized carbons (Fsp3) is 0.929. The summed E-state index contributed by atoms with van der Waals surface area (Å²) in [5.74, 6) is 1.56. The molecule has 1 amide bonds. The second-order valence-corrected chi connectivity index (χ2v) is 5.46. The van der Waals surface area contributed by atoms with Crippen LogP contribution in [0, 0.1) is 11.8 Å². The Morgan fingerprint density at radius 3 is 2.88 bits per heavy atom. The van der Waals surface area contributed by atoms with Gasteiger partial charge in [0.1, 0.15) is 0 Å². The fourth-order valence-electron chi connectivity index (χ4n) is 2.31. The molecule has 0 spiro atoms. The summed E-state index contributed by atoms with van der Waals surface area (Å²) in [6.45, 7) is 7.27. The average molecular weight is 239 g/mol. The maximum atomic E-state index is 11.9. The molecular weight excluding hydrogens is 212 g/mol. The summed E-state index contributed by atoms with van der Waals surface area (Å²) in [7, 11) is 1.93. The lowest BCUT2D eigenvalue weighted by atomic mass is 9.94. The van der Waals surface area contributed by atoms with Crippen molar-refractivity contribution >= 4 is 5.91 Å². The van der Waals surface area contributed by atoms with Crippen LogP contribution in [-0.2, 0) is 4.79 Å². The third kappa shape index (κ3) is 5.53. The summed E-state index contributed by atoms with van der Waals surface area (Å²) in [4.78, 5) is 13.8. The third-order valence-electron chi connectivity index (χ3n) is 3.79. The summed E-state index contributed by atoms with van der Waals surface area (Å²) in [5, 5.41) is 4.42. The Hall–Kier alpha value is -0.570. The summed E-state index contributed by atoms with van der Waals surface area (Å²) in [6.07, 6.45) is 5.33. The molecule has 1 heterocycles. The van der Waals surface area contributed by atoms with Gasteiger partial charge in [0.15, 0.2) is 0 Å². The fourth-order valence-corrected chi connectivity index (χ4v) is 2.31. The number of hydrogen-bond acceptors (Lipinski definition) is 1. The SMILES string of the molecule is CCC(C)CN(C)C(=O)CCC1CCC[N]C1. The van der Waals surface area contributed by atoms with Gasteiger partial charge in [0.25, 0.3) is 0 Å². The molecule has 1 saturated heterocycles. The van der Waals surface area contributed by atoms with E-state index in [1.165, 1.54) is 12.8 Å². The van der Waals surface area contributed by atoms with E-state index in [4.69, 9.17) is 0 Å². The minimum atomic E-state index is 0.302. The molecule has 99 valence electrons. The summed E-state index contributed by atoms with van der Waals surface area (Å²) in [6, 6.07) is 0. The Bertz CT molecular complexity index is 224. The van der Waals surface area contributed by atoms with E-state index in [0.29, 0.717) is 24.2 Å². The lowest BCUT2D eigenvalue weighted by molar-refractivity contribution is -0.130. The molecule has 0 aromatic rings. The van der Waals surface area contributed by atoms with Gasteiger partial charge in [0, 0.05) is 33.1 Å². The van der Waals surface area contributed by atoms with E-state index in [2.05, 4.69) is 19.2 Å². The first-order valence-electron chi connectivity index (χ1n) is 7.00. The van der Waals surface area contributed by atoms with Crippen molar-refractivity contribution in [2.24, 2.45) is 11.8 Å². The molecule has 1 fully saturated rings. The Balaban J connectivity index is 2.18. The number of carbonyl (C=O) groups is 1. The standard InChI is InChI=1S/C14H27N2O/c1-4-12(2)11-16(3)14(17)8-7-13-6-5-9-15-10-13/h12-13H,4-11H2,1-3H3. The number of rotatable bonds is 6. The Kier molecular flexibility index (Phi) is 6.56. The molecule has 1 radical (unpaired) electrons. The predicted octanol–water partition coefficient (Wildman–Crippen LogP) is 2.29. The third-order valence-corrected chi connectivity index (χ3v) is 3.79. The summed E-state index contributed by atoms with van der Waals surface area (Å²) in [5.41, 5.74) is 0. The van der Waals surface area contributed by atoms with Crippen LogP contribution in [0.4, 0.5) is 0 Å². The minimum Gasteiger partial charge on any atom is -0.345 e. The van der Waals surface area contributed by atoms with E-state index < -0.39 is 0 Å². The Labute approximate surface area is 106 Å². The Morgan fingerprint density at radius 1 is 1.53 bits per heavy atom. The first-order valence-corrected chi connectivity index (χ1v) is 7.00. The van der Waals surface area contributed by atoms with Crippen LogP contribution in [0.15, 0.2) is 0 Å². The van der Waals surface area contributed by atoms with Gasteiger partial charge in [0.05, 0.1) is 0 Å². The normalized spacial score (nSPS) is 22.2. The second kappa shape index (κ2) is 7.70. The van der Waals surface area contributed by atoms with E-state index in [1.807, 2.05) is 11.9 Å². The molecule has 0 aliphatic carbocycles. The van der Waals surface area contributed by atoms with Gasteiger partial charge in [0.2, 0.25) is 5.91 Å². The summed E-state index contributed by atoms with van der Waals surface area (Å²) < 4.78 is 0. The van der Waals surface area contributed by atoms with Crippen molar-refractivity contribution in [3.63, 3.8) is 0 Å². The van der Waals surface area contributed by atoms with Crippen molar-refractivity contribution in [3.8, 4) is 0 Å². The molecule has 1 aliphatic heterocycles. The van der Waals surface area contributed by atoms with Gasteiger partial charge in [-0.15, -0.1) is 0 Å². The highest BCUT2D eigenvalue weighted by Gasteiger charge is 2.17. The highest BCUT2D eigenvalue weighted by Crippen LogP contribution is 2.17. The highest BCUT2D eigenvalue weighted by molar-refractivity contribution is 5.75. The quantitative estimate of drug-likeness (QED) is 0.700. The number of nitrogens with zero attached hydrogens (tertiary/aromatic N) is 2. The van der Waals surface area contributed by atoms with E-state index >= 15 is 0 Å². The number of carbonyl (C=O) groups excluding carboxylic acids is 1. The zero-order valence-electron chi connectivity index (χ0n) is 11.6. The van der Waals surface area contributed by atoms with Crippen LogP contribution in [0.5, 0.6) is 0 Å². The van der Waals surface area contributed by atoms with Crippen LogP contribution in [0.25, 0.3) is 0 Å². The van der Waals surface area contributed by atoms with Crippen LogP contribution in [-0.4, -0.2) is 37.5 Å². The maximum Gasteiger partial charge on any atom is 0.222 e. The van der Waals surface area contributed by atoms with Crippen LogP contribution < -0.4 is 5.32 Å². The maximum absolute atomic E-state index is 11.9. The van der Waals surface area contributed by atoms with Gasteiger partial charge in [-0.25, -0.2) is 5.32 Å². The van der Waals surface area contributed by atoms with Gasteiger partial charge in [-0.2, -0.15) is 0 Å². The molecule has 0 saturated carbocycles. The van der Waals surface area contributed by atoms with E-state index in [9.17, 15) is 4.79 Å². The van der Waals surface area contributed by atoms with Gasteiger partial charge < -0.3 is 4.90 Å². The molecule has 2 unspecified atom stereocenters. The van der Waals surface area contributed by atoms with Crippen LogP contribution in [0.2, 0.25) is 0 Å². The molecule has 1 aliphatic rings. The second-order valence-electron chi connectivity index (χ2n) is 5.46. The van der Waals surface area contributed by atoms with Gasteiger partial charge in [-0.1, -0.05) is 20.3 Å². The molecule has 2 atom stereocenters. The minimum absolute atomic E-state index is 0.302. The topological polar surface area (TPSA) is 34.4 Å². The van der Waals surface area contributed by atoms with Crippen molar-refractivity contribution in [1.29, 1.82) is 0 Å². The zero-order chi connectivity index (χ0) is 12.7. The largest absolute Gasteiger partial charge is 0.345 e. The van der Waals surface area contributed by atoms with Crippen LogP contribution in [0.1, 0.15) is 46.0 Å². The average Bonchev–Trinajstić information content (AvgIpc) is 2.36. The van der Waals surface area contributed by atoms with Gasteiger partial charge in [-0.3, -0.25) is 4.79 Å². The molecule has 0 aromatic carbocycles. The van der Waals surface area contributed by atoms with Crippen LogP contribution >= 0.6 is 0 Å². The van der Waals surface area contributed by atoms with Gasteiger partial charge in [-0.05, 0) is 31.1 Å². The smallest absolute Gasteiger partial charge is 0.222 e. The predicted molar refractivity (Wildman–Crippen MR) is 70.9 cm³/mol. The number of hydrogen-bond donors (Lipinski definition) is 0. The number of amides is 1. The summed E-state index contributed by atoms with van der Waals surface area (Å²) >= 11 is 0. The number of piperidine rings is 1. The molecule has 0 bridgehead atoms. The molecule has 1 rings (SSSR count). The first kappa shape index (κ1) is 14.5. The van der Waals surface area contributed by atoms with Crippen molar-refractivity contribution < 1.29 is 4.79 Å².